The largest absolute Gasteiger partial charge is 0.361 e. The molecule has 0 bridgehead atoms. The first kappa shape index (κ1) is 14.4. The molecule has 4 nitrogen and oxygen atoms in total. The summed E-state index contributed by atoms with van der Waals surface area (Å²) in [6, 6.07) is 18.7. The number of halogens is 1. The second-order valence-corrected chi connectivity index (χ2v) is 6.86. The summed E-state index contributed by atoms with van der Waals surface area (Å²) in [5, 5.41) is 9.64. The van der Waals surface area contributed by atoms with Crippen LogP contribution < -0.4 is 10.6 Å². The molecule has 0 radical (unpaired) electrons. The van der Waals surface area contributed by atoms with Crippen molar-refractivity contribution in [2.45, 2.75) is 6.17 Å². The average molecular weight is 415 g/mol. The number of hydrogen-bond acceptors (Lipinski definition) is 3. The molecule has 0 saturated heterocycles. The molecule has 23 heavy (non-hydrogen) atoms. The Hall–Kier alpha value is -2.15. The molecule has 1 heterocycles. The molecule has 0 fully saturated rings. The van der Waals surface area contributed by atoms with Crippen molar-refractivity contribution in [2.24, 2.45) is 0 Å². The predicted molar refractivity (Wildman–Crippen MR) is 102 cm³/mol. The van der Waals surface area contributed by atoms with Crippen LogP contribution in [0.15, 0.2) is 54.6 Å². The van der Waals surface area contributed by atoms with E-state index < -0.39 is 0 Å². The number of nitrogens with one attached hydrogen (secondary N) is 3. The Morgan fingerprint density at radius 2 is 1.65 bits per heavy atom. The van der Waals surface area contributed by atoms with Gasteiger partial charge >= 0.3 is 0 Å². The van der Waals surface area contributed by atoms with Gasteiger partial charge in [0, 0.05) is 38.0 Å². The van der Waals surface area contributed by atoms with Crippen molar-refractivity contribution < 1.29 is 4.70 Å². The summed E-state index contributed by atoms with van der Waals surface area (Å²) in [7, 11) is 1.74. The Labute approximate surface area is 148 Å². The van der Waals surface area contributed by atoms with Gasteiger partial charge in [0.1, 0.15) is 6.17 Å². The van der Waals surface area contributed by atoms with Crippen LogP contribution in [0.2, 0.25) is 0 Å². The number of benzene rings is 3. The summed E-state index contributed by atoms with van der Waals surface area (Å²) in [6.07, 6.45) is -0.0118. The van der Waals surface area contributed by atoms with Crippen LogP contribution in [-0.4, -0.2) is 11.7 Å². The molecule has 0 aromatic heterocycles. The van der Waals surface area contributed by atoms with Gasteiger partial charge in [-0.2, -0.15) is 0 Å². The van der Waals surface area contributed by atoms with E-state index >= 15 is 0 Å². The summed E-state index contributed by atoms with van der Waals surface area (Å²) in [5.74, 6) is 0. The summed E-state index contributed by atoms with van der Waals surface area (Å²) < 4.78 is 2.56. The molecule has 1 aliphatic rings. The normalized spacial score (nSPS) is 13.5. The minimum absolute atomic E-state index is 0.0118. The monoisotopic (exact) mass is 415 g/mol. The molecule has 3 aromatic rings. The molecule has 1 aliphatic heterocycles. The topological polar surface area (TPSA) is 50.9 Å². The van der Waals surface area contributed by atoms with Crippen LogP contribution in [0.1, 0.15) is 11.7 Å². The number of rotatable bonds is 2. The highest BCUT2D eigenvalue weighted by Crippen LogP contribution is 2.39. The lowest BCUT2D eigenvalue weighted by Gasteiger charge is -2.30. The van der Waals surface area contributed by atoms with Crippen LogP contribution in [0.5, 0.6) is 0 Å². The summed E-state index contributed by atoms with van der Waals surface area (Å²) in [5.41, 5.74) is 12.1. The van der Waals surface area contributed by atoms with Crippen molar-refractivity contribution in [1.82, 2.24) is 0 Å². The molecule has 0 aliphatic carbocycles. The van der Waals surface area contributed by atoms with E-state index in [0.717, 1.165) is 22.6 Å². The minimum atomic E-state index is -0.0118. The lowest BCUT2D eigenvalue weighted by molar-refractivity contribution is -0.505. The Bertz CT molecular complexity index is 895. The van der Waals surface area contributed by atoms with Gasteiger partial charge in [-0.05, 0) is 46.2 Å². The molecular weight excluding hydrogens is 399 g/mol. The van der Waals surface area contributed by atoms with Gasteiger partial charge in [0.15, 0.2) is 7.05 Å². The minimum Gasteiger partial charge on any atom is -0.361 e. The fourth-order valence-corrected chi connectivity index (χ4v) is 3.69. The van der Waals surface area contributed by atoms with Gasteiger partial charge in [-0.3, -0.25) is 0 Å². The Morgan fingerprint density at radius 1 is 1.00 bits per heavy atom. The molecule has 0 spiro atoms. The Balaban J connectivity index is 1.82. The number of anilines is 2. The van der Waals surface area contributed by atoms with Crippen LogP contribution in [0.4, 0.5) is 17.1 Å². The van der Waals surface area contributed by atoms with E-state index in [9.17, 15) is 0 Å². The van der Waals surface area contributed by atoms with Crippen LogP contribution >= 0.6 is 22.6 Å². The molecule has 3 aromatic carbocycles. The average Bonchev–Trinajstić information content (AvgIpc) is 2.55. The van der Waals surface area contributed by atoms with Crippen molar-refractivity contribution >= 4 is 50.4 Å². The van der Waals surface area contributed by atoms with Gasteiger partial charge in [0.05, 0.1) is 0 Å². The molecule has 114 valence electrons. The molecule has 0 saturated carbocycles. The molecule has 3 N–H and O–H groups in total. The van der Waals surface area contributed by atoms with Crippen LogP contribution in [0, 0.1) is 9.10 Å². The molecule has 5 heteroatoms. The standard InChI is InChI=1S/C18H16IN4/c1-23(20)12-8-9-14(19)13(10-12)18-21-15-6-2-4-11-5-3-7-16(22-18)17(11)15/h2-10,18,20-22H,1H3/q+1. The maximum absolute atomic E-state index is 7.80. The molecular formula is C18H16IN4+. The zero-order valence-corrected chi connectivity index (χ0v) is 14.8. The van der Waals surface area contributed by atoms with E-state index in [0.29, 0.717) is 0 Å². The van der Waals surface area contributed by atoms with Crippen LogP contribution in [0.3, 0.4) is 0 Å². The first-order valence-corrected chi connectivity index (χ1v) is 8.50. The van der Waals surface area contributed by atoms with E-state index in [4.69, 9.17) is 5.53 Å². The second kappa shape index (κ2) is 5.49. The fraction of sp³-hybridized carbons (Fsp3) is 0.111. The first-order valence-electron chi connectivity index (χ1n) is 7.43. The lowest BCUT2D eigenvalue weighted by atomic mass is 10.0. The smallest absolute Gasteiger partial charge is 0.231 e. The molecule has 0 atom stereocenters. The van der Waals surface area contributed by atoms with Gasteiger partial charge in [-0.25, -0.2) is 0 Å². The van der Waals surface area contributed by atoms with Gasteiger partial charge in [-0.1, -0.05) is 34.5 Å². The third-order valence-corrected chi connectivity index (χ3v) is 5.16. The quantitative estimate of drug-likeness (QED) is 0.303. The highest BCUT2D eigenvalue weighted by Gasteiger charge is 2.23. The van der Waals surface area contributed by atoms with E-state index in [1.54, 1.807) is 7.05 Å². The van der Waals surface area contributed by atoms with E-state index in [1.807, 2.05) is 6.07 Å². The molecule has 0 unspecified atom stereocenters. The van der Waals surface area contributed by atoms with Crippen LogP contribution in [0.25, 0.3) is 10.8 Å². The fourth-order valence-electron chi connectivity index (χ4n) is 3.05. The maximum Gasteiger partial charge on any atom is 0.231 e. The van der Waals surface area contributed by atoms with Gasteiger partial charge < -0.3 is 10.6 Å². The highest BCUT2D eigenvalue weighted by molar-refractivity contribution is 14.1. The Morgan fingerprint density at radius 3 is 2.26 bits per heavy atom. The zero-order chi connectivity index (χ0) is 16.0. The highest BCUT2D eigenvalue weighted by atomic mass is 127. The predicted octanol–water partition coefficient (Wildman–Crippen LogP) is 5.29. The third kappa shape index (κ3) is 2.45. The van der Waals surface area contributed by atoms with Crippen molar-refractivity contribution in [3.63, 3.8) is 0 Å². The van der Waals surface area contributed by atoms with Crippen molar-refractivity contribution in [2.75, 3.05) is 17.7 Å². The second-order valence-electron chi connectivity index (χ2n) is 5.70. The molecule has 4 rings (SSSR count). The van der Waals surface area contributed by atoms with E-state index in [2.05, 4.69) is 81.8 Å². The van der Waals surface area contributed by atoms with E-state index in [1.165, 1.54) is 19.0 Å². The summed E-state index contributed by atoms with van der Waals surface area (Å²) in [4.78, 5) is 0. The van der Waals surface area contributed by atoms with Crippen molar-refractivity contribution in [3.8, 4) is 0 Å². The number of hydrogen-bond donors (Lipinski definition) is 3. The first-order chi connectivity index (χ1) is 11.1. The van der Waals surface area contributed by atoms with Gasteiger partial charge in [-0.15, -0.1) is 0 Å². The summed E-state index contributed by atoms with van der Waals surface area (Å²) in [6.45, 7) is 0. The molecule has 0 amide bonds. The zero-order valence-electron chi connectivity index (χ0n) is 12.6. The van der Waals surface area contributed by atoms with Gasteiger partial charge in [0.25, 0.3) is 0 Å². The van der Waals surface area contributed by atoms with Gasteiger partial charge in [0.2, 0.25) is 5.69 Å². The van der Waals surface area contributed by atoms with E-state index in [-0.39, 0.29) is 6.17 Å². The van der Waals surface area contributed by atoms with Crippen LogP contribution in [-0.2, 0) is 0 Å². The third-order valence-electron chi connectivity index (χ3n) is 4.18. The van der Waals surface area contributed by atoms with Crippen molar-refractivity contribution in [3.05, 3.63) is 63.7 Å². The van der Waals surface area contributed by atoms with Crippen molar-refractivity contribution in [1.29, 1.82) is 5.53 Å². The number of nitrogens with zero attached hydrogens (tertiary/aromatic N) is 1. The lowest BCUT2D eigenvalue weighted by Crippen LogP contribution is -2.24. The SMILES string of the molecule is C[N+](=N)c1ccc(I)c(C2Nc3cccc4cccc(c34)N2)c1. The summed E-state index contributed by atoms with van der Waals surface area (Å²) >= 11 is 2.35. The Kier molecular flexibility index (Phi) is 3.45. The maximum atomic E-state index is 7.80.